The standard InChI is InChI=1S/C18H23NO2/c20-17-9-3-7-14(17)16-8-4-10-19(16)18(21)15-11-12-5-1-2-6-13(12)15/h1-2,5-6,14-17,20H,3-4,7-11H2. The second-order valence-electron chi connectivity index (χ2n) is 6.86. The zero-order valence-electron chi connectivity index (χ0n) is 12.4. The smallest absolute Gasteiger partial charge is 0.230 e. The van der Waals surface area contributed by atoms with Gasteiger partial charge in [-0.3, -0.25) is 4.79 Å². The van der Waals surface area contributed by atoms with Gasteiger partial charge in [-0.05, 0) is 43.2 Å². The van der Waals surface area contributed by atoms with Crippen molar-refractivity contribution in [3.05, 3.63) is 35.4 Å². The number of hydrogen-bond donors (Lipinski definition) is 1. The lowest BCUT2D eigenvalue weighted by atomic mass is 9.76. The van der Waals surface area contributed by atoms with Crippen LogP contribution in [0.25, 0.3) is 0 Å². The molecule has 0 aromatic heterocycles. The van der Waals surface area contributed by atoms with Crippen LogP contribution in [0, 0.1) is 5.92 Å². The van der Waals surface area contributed by atoms with Crippen LogP contribution in [0.4, 0.5) is 0 Å². The molecule has 1 N–H and O–H groups in total. The zero-order valence-corrected chi connectivity index (χ0v) is 12.4. The van der Waals surface area contributed by atoms with Crippen LogP contribution in [-0.2, 0) is 11.2 Å². The lowest BCUT2D eigenvalue weighted by molar-refractivity contribution is -0.135. The molecule has 3 nitrogen and oxygen atoms in total. The van der Waals surface area contributed by atoms with E-state index in [0.717, 1.165) is 45.1 Å². The summed E-state index contributed by atoms with van der Waals surface area (Å²) in [5, 5.41) is 10.2. The Kier molecular flexibility index (Phi) is 3.26. The number of aliphatic hydroxyl groups excluding tert-OH is 1. The number of likely N-dealkylation sites (tertiary alicyclic amines) is 1. The molecule has 1 saturated carbocycles. The van der Waals surface area contributed by atoms with E-state index in [1.807, 2.05) is 12.1 Å². The van der Waals surface area contributed by atoms with E-state index in [4.69, 9.17) is 0 Å². The molecule has 3 aliphatic rings. The topological polar surface area (TPSA) is 40.5 Å². The van der Waals surface area contributed by atoms with Crippen LogP contribution in [0.3, 0.4) is 0 Å². The van der Waals surface area contributed by atoms with Crippen LogP contribution >= 0.6 is 0 Å². The molecule has 3 heteroatoms. The Balaban J connectivity index is 1.52. The van der Waals surface area contributed by atoms with Gasteiger partial charge < -0.3 is 10.0 Å². The predicted molar refractivity (Wildman–Crippen MR) is 81.0 cm³/mol. The molecule has 1 aromatic carbocycles. The van der Waals surface area contributed by atoms with Gasteiger partial charge in [-0.15, -0.1) is 0 Å². The zero-order chi connectivity index (χ0) is 14.4. The summed E-state index contributed by atoms with van der Waals surface area (Å²) >= 11 is 0. The summed E-state index contributed by atoms with van der Waals surface area (Å²) in [5.41, 5.74) is 2.55. The summed E-state index contributed by atoms with van der Waals surface area (Å²) in [4.78, 5) is 15.0. The van der Waals surface area contributed by atoms with Crippen LogP contribution in [0.5, 0.6) is 0 Å². The number of fused-ring (bicyclic) bond motifs is 1. The van der Waals surface area contributed by atoms with Gasteiger partial charge in [0.1, 0.15) is 0 Å². The first-order valence-corrected chi connectivity index (χ1v) is 8.32. The molecule has 1 amide bonds. The van der Waals surface area contributed by atoms with Crippen molar-refractivity contribution in [1.82, 2.24) is 4.90 Å². The van der Waals surface area contributed by atoms with E-state index >= 15 is 0 Å². The molecule has 4 unspecified atom stereocenters. The fourth-order valence-electron chi connectivity index (χ4n) is 4.61. The van der Waals surface area contributed by atoms with Crippen LogP contribution in [0.2, 0.25) is 0 Å². The Morgan fingerprint density at radius 1 is 1.14 bits per heavy atom. The minimum Gasteiger partial charge on any atom is -0.393 e. The molecule has 2 fully saturated rings. The normalized spacial score (nSPS) is 34.6. The van der Waals surface area contributed by atoms with Crippen molar-refractivity contribution in [2.75, 3.05) is 6.54 Å². The number of rotatable bonds is 2. The molecule has 2 aliphatic carbocycles. The van der Waals surface area contributed by atoms with Crippen molar-refractivity contribution in [2.45, 2.75) is 56.6 Å². The molecule has 112 valence electrons. The maximum absolute atomic E-state index is 12.9. The van der Waals surface area contributed by atoms with E-state index in [0.29, 0.717) is 11.8 Å². The van der Waals surface area contributed by atoms with Gasteiger partial charge >= 0.3 is 0 Å². The molecule has 1 heterocycles. The second-order valence-corrected chi connectivity index (χ2v) is 6.86. The number of amides is 1. The number of carbonyl (C=O) groups is 1. The molecule has 4 atom stereocenters. The molecular weight excluding hydrogens is 262 g/mol. The Morgan fingerprint density at radius 3 is 2.76 bits per heavy atom. The van der Waals surface area contributed by atoms with Crippen LogP contribution < -0.4 is 0 Å². The largest absolute Gasteiger partial charge is 0.393 e. The summed E-state index contributed by atoms with van der Waals surface area (Å²) in [5.74, 6) is 0.683. The molecule has 4 rings (SSSR count). The SMILES string of the molecule is O=C(C1Cc2ccccc21)N1CCCC1C1CCCC1O. The molecule has 1 saturated heterocycles. The molecule has 21 heavy (non-hydrogen) atoms. The average molecular weight is 285 g/mol. The van der Waals surface area contributed by atoms with Gasteiger partial charge in [0.25, 0.3) is 0 Å². The van der Waals surface area contributed by atoms with E-state index in [-0.39, 0.29) is 18.1 Å². The van der Waals surface area contributed by atoms with E-state index in [9.17, 15) is 9.90 Å². The maximum Gasteiger partial charge on any atom is 0.230 e. The molecule has 0 bridgehead atoms. The van der Waals surface area contributed by atoms with Crippen LogP contribution in [0.15, 0.2) is 24.3 Å². The maximum atomic E-state index is 12.9. The monoisotopic (exact) mass is 285 g/mol. The van der Waals surface area contributed by atoms with Gasteiger partial charge in [0.2, 0.25) is 5.91 Å². The van der Waals surface area contributed by atoms with Gasteiger partial charge in [0, 0.05) is 18.5 Å². The molecule has 0 radical (unpaired) electrons. The van der Waals surface area contributed by atoms with E-state index in [1.165, 1.54) is 11.1 Å². The van der Waals surface area contributed by atoms with Gasteiger partial charge in [-0.2, -0.15) is 0 Å². The number of aliphatic hydroxyl groups is 1. The number of benzene rings is 1. The second kappa shape index (κ2) is 5.13. The Labute approximate surface area is 126 Å². The summed E-state index contributed by atoms with van der Waals surface area (Å²) in [6, 6.07) is 8.58. The van der Waals surface area contributed by atoms with Crippen molar-refractivity contribution in [3.63, 3.8) is 0 Å². The molecular formula is C18H23NO2. The first-order valence-electron chi connectivity index (χ1n) is 8.32. The Hall–Kier alpha value is -1.35. The fourth-order valence-corrected chi connectivity index (χ4v) is 4.61. The molecule has 1 aliphatic heterocycles. The van der Waals surface area contributed by atoms with Crippen LogP contribution in [0.1, 0.15) is 49.1 Å². The fraction of sp³-hybridized carbons (Fsp3) is 0.611. The van der Waals surface area contributed by atoms with E-state index < -0.39 is 0 Å². The number of nitrogens with zero attached hydrogens (tertiary/aromatic N) is 1. The summed E-state index contributed by atoms with van der Waals surface area (Å²) in [7, 11) is 0. The highest BCUT2D eigenvalue weighted by Crippen LogP contribution is 2.41. The lowest BCUT2D eigenvalue weighted by Gasteiger charge is -2.37. The highest BCUT2D eigenvalue weighted by atomic mass is 16.3. The van der Waals surface area contributed by atoms with Crippen LogP contribution in [-0.4, -0.2) is 34.6 Å². The van der Waals surface area contributed by atoms with Gasteiger partial charge in [0.15, 0.2) is 0 Å². The highest BCUT2D eigenvalue weighted by molar-refractivity contribution is 5.87. The first-order chi connectivity index (χ1) is 10.3. The third kappa shape index (κ3) is 2.10. The van der Waals surface area contributed by atoms with Crippen molar-refractivity contribution in [2.24, 2.45) is 5.92 Å². The number of hydrogen-bond acceptors (Lipinski definition) is 2. The minimum absolute atomic E-state index is 0.0698. The predicted octanol–water partition coefficient (Wildman–Crippen LogP) is 2.48. The quantitative estimate of drug-likeness (QED) is 0.907. The van der Waals surface area contributed by atoms with Gasteiger partial charge in [-0.1, -0.05) is 30.7 Å². The van der Waals surface area contributed by atoms with E-state index in [1.54, 1.807) is 0 Å². The summed E-state index contributed by atoms with van der Waals surface area (Å²) < 4.78 is 0. The third-order valence-corrected chi connectivity index (χ3v) is 5.76. The number of carbonyl (C=O) groups excluding carboxylic acids is 1. The van der Waals surface area contributed by atoms with E-state index in [2.05, 4.69) is 17.0 Å². The van der Waals surface area contributed by atoms with Gasteiger partial charge in [0.05, 0.1) is 12.0 Å². The van der Waals surface area contributed by atoms with Gasteiger partial charge in [-0.25, -0.2) is 0 Å². The highest BCUT2D eigenvalue weighted by Gasteiger charge is 2.43. The average Bonchev–Trinajstić information content (AvgIpc) is 3.08. The lowest BCUT2D eigenvalue weighted by Crippen LogP contribution is -2.46. The summed E-state index contributed by atoms with van der Waals surface area (Å²) in [6.45, 7) is 0.880. The van der Waals surface area contributed by atoms with Crippen molar-refractivity contribution >= 4 is 5.91 Å². The Morgan fingerprint density at radius 2 is 2.00 bits per heavy atom. The van der Waals surface area contributed by atoms with Crippen molar-refractivity contribution in [3.8, 4) is 0 Å². The minimum atomic E-state index is -0.197. The molecule has 0 spiro atoms. The van der Waals surface area contributed by atoms with Crippen molar-refractivity contribution in [1.29, 1.82) is 0 Å². The Bertz CT molecular complexity index is 556. The summed E-state index contributed by atoms with van der Waals surface area (Å²) in [6.07, 6.45) is 5.96. The van der Waals surface area contributed by atoms with Crippen molar-refractivity contribution < 1.29 is 9.90 Å². The molecule has 1 aromatic rings. The first kappa shape index (κ1) is 13.3. The third-order valence-electron chi connectivity index (χ3n) is 5.76.